The highest BCUT2D eigenvalue weighted by Gasteiger charge is 2.34. The maximum atomic E-state index is 12.7. The molecular formula is C16H25N5O4S2. The summed E-state index contributed by atoms with van der Waals surface area (Å²) >= 11 is 1.27. The van der Waals surface area contributed by atoms with Gasteiger partial charge in [-0.15, -0.1) is 10.2 Å². The third kappa shape index (κ3) is 5.01. The Labute approximate surface area is 163 Å². The van der Waals surface area contributed by atoms with Crippen LogP contribution >= 0.6 is 11.8 Å². The van der Waals surface area contributed by atoms with Crippen molar-refractivity contribution in [2.75, 3.05) is 23.8 Å². The number of sulfone groups is 1. The Kier molecular flexibility index (Phi) is 6.09. The molecule has 11 heteroatoms. The number of carbonyl (C=O) groups is 2. The molecule has 1 aromatic rings. The van der Waals surface area contributed by atoms with Gasteiger partial charge in [-0.05, 0) is 26.2 Å². The minimum Gasteiger partial charge on any atom is -0.370 e. The number of nitrogens with zero attached hydrogens (tertiary/aromatic N) is 4. The lowest BCUT2D eigenvalue weighted by Crippen LogP contribution is -2.42. The van der Waals surface area contributed by atoms with Crippen molar-refractivity contribution in [3.05, 3.63) is 5.82 Å². The summed E-state index contributed by atoms with van der Waals surface area (Å²) in [5, 5.41) is 9.02. The fourth-order valence-corrected chi connectivity index (χ4v) is 5.94. The van der Waals surface area contributed by atoms with E-state index in [-0.39, 0.29) is 35.6 Å². The first-order chi connectivity index (χ1) is 12.8. The molecule has 0 bridgehead atoms. The van der Waals surface area contributed by atoms with E-state index in [0.29, 0.717) is 30.6 Å². The van der Waals surface area contributed by atoms with Gasteiger partial charge in [0, 0.05) is 31.5 Å². The quantitative estimate of drug-likeness (QED) is 0.569. The third-order valence-corrected chi connectivity index (χ3v) is 7.61. The van der Waals surface area contributed by atoms with Crippen LogP contribution in [-0.4, -0.2) is 69.7 Å². The molecule has 9 nitrogen and oxygen atoms in total. The van der Waals surface area contributed by atoms with Gasteiger partial charge in [0.2, 0.25) is 11.8 Å². The Bertz CT molecular complexity index is 819. The zero-order chi connectivity index (χ0) is 19.6. The van der Waals surface area contributed by atoms with Crippen molar-refractivity contribution in [2.45, 2.75) is 56.3 Å². The molecule has 0 spiro atoms. The van der Waals surface area contributed by atoms with Gasteiger partial charge in [-0.3, -0.25) is 9.59 Å². The number of rotatable bonds is 9. The molecule has 2 heterocycles. The highest BCUT2D eigenvalue weighted by atomic mass is 32.2. The van der Waals surface area contributed by atoms with Gasteiger partial charge in [-0.25, -0.2) is 8.42 Å². The predicted molar refractivity (Wildman–Crippen MR) is 101 cm³/mol. The Hall–Kier alpha value is -1.62. The number of amides is 2. The summed E-state index contributed by atoms with van der Waals surface area (Å²) in [6, 6.07) is -0.247. The number of hydrogen-bond donors (Lipinski definition) is 1. The molecule has 2 amide bonds. The van der Waals surface area contributed by atoms with Crippen LogP contribution in [0.2, 0.25) is 0 Å². The summed E-state index contributed by atoms with van der Waals surface area (Å²) < 4.78 is 25.3. The SMILES string of the molecule is CCN(C(=O)CSc1nnc(C2CC2)n1CCC(N)=O)C1CCS(=O)(=O)C1. The number of hydrogen-bond acceptors (Lipinski definition) is 7. The predicted octanol–water partition coefficient (Wildman–Crippen LogP) is 0.159. The van der Waals surface area contributed by atoms with Gasteiger partial charge in [0.25, 0.3) is 0 Å². The monoisotopic (exact) mass is 415 g/mol. The van der Waals surface area contributed by atoms with Crippen molar-refractivity contribution in [1.82, 2.24) is 19.7 Å². The Morgan fingerprint density at radius 3 is 2.59 bits per heavy atom. The van der Waals surface area contributed by atoms with Gasteiger partial charge < -0.3 is 15.2 Å². The fraction of sp³-hybridized carbons (Fsp3) is 0.750. The Morgan fingerprint density at radius 1 is 1.30 bits per heavy atom. The molecule has 2 aliphatic rings. The minimum absolute atomic E-state index is 0.0396. The highest BCUT2D eigenvalue weighted by molar-refractivity contribution is 7.99. The summed E-state index contributed by atoms with van der Waals surface area (Å²) in [5.74, 6) is 1.05. The second-order valence-electron chi connectivity index (χ2n) is 7.01. The molecule has 2 N–H and O–H groups in total. The zero-order valence-corrected chi connectivity index (χ0v) is 17.0. The lowest BCUT2D eigenvalue weighted by atomic mass is 10.2. The summed E-state index contributed by atoms with van der Waals surface area (Å²) in [7, 11) is -3.04. The van der Waals surface area contributed by atoms with Gasteiger partial charge in [0.05, 0.1) is 17.3 Å². The molecule has 150 valence electrons. The Balaban J connectivity index is 1.64. The van der Waals surface area contributed by atoms with Crippen molar-refractivity contribution >= 4 is 33.4 Å². The summed E-state index contributed by atoms with van der Waals surface area (Å²) in [6.07, 6.45) is 2.80. The van der Waals surface area contributed by atoms with Crippen molar-refractivity contribution in [3.63, 3.8) is 0 Å². The van der Waals surface area contributed by atoms with Gasteiger partial charge in [0.15, 0.2) is 15.0 Å². The van der Waals surface area contributed by atoms with E-state index in [4.69, 9.17) is 5.73 Å². The summed E-state index contributed by atoms with van der Waals surface area (Å²) in [4.78, 5) is 25.4. The Morgan fingerprint density at radius 2 is 2.04 bits per heavy atom. The van der Waals surface area contributed by atoms with Gasteiger partial charge in [-0.2, -0.15) is 0 Å². The van der Waals surface area contributed by atoms with E-state index in [2.05, 4.69) is 10.2 Å². The van der Waals surface area contributed by atoms with Crippen LogP contribution < -0.4 is 5.73 Å². The third-order valence-electron chi connectivity index (χ3n) is 4.90. The number of primary amides is 1. The first kappa shape index (κ1) is 20.1. The van der Waals surface area contributed by atoms with Crippen LogP contribution in [0.3, 0.4) is 0 Å². The number of aromatic nitrogens is 3. The molecule has 1 saturated carbocycles. The van der Waals surface area contributed by atoms with Crippen LogP contribution in [0.5, 0.6) is 0 Å². The maximum Gasteiger partial charge on any atom is 0.233 e. The number of carbonyl (C=O) groups excluding carboxylic acids is 2. The topological polar surface area (TPSA) is 128 Å². The average molecular weight is 416 g/mol. The molecule has 0 radical (unpaired) electrons. The van der Waals surface area contributed by atoms with E-state index in [0.717, 1.165) is 18.7 Å². The van der Waals surface area contributed by atoms with E-state index in [1.165, 1.54) is 11.8 Å². The van der Waals surface area contributed by atoms with Gasteiger partial charge in [0.1, 0.15) is 5.82 Å². The molecule has 0 aromatic carbocycles. The number of nitrogens with two attached hydrogens (primary N) is 1. The van der Waals surface area contributed by atoms with Gasteiger partial charge in [-0.1, -0.05) is 11.8 Å². The lowest BCUT2D eigenvalue weighted by molar-refractivity contribution is -0.130. The molecular weight excluding hydrogens is 390 g/mol. The standard InChI is InChI=1S/C16H25N5O4S2/c1-2-20(12-6-8-27(24,25)10-12)14(23)9-26-16-19-18-15(11-3-4-11)21(16)7-5-13(17)22/h11-12H,2-10H2,1H3,(H2,17,22). The van der Waals surface area contributed by atoms with E-state index >= 15 is 0 Å². The van der Waals surface area contributed by atoms with E-state index < -0.39 is 15.7 Å². The molecule has 2 fully saturated rings. The molecule has 1 unspecified atom stereocenters. The van der Waals surface area contributed by atoms with E-state index in [1.807, 2.05) is 11.5 Å². The summed E-state index contributed by atoms with van der Waals surface area (Å²) in [6.45, 7) is 2.73. The zero-order valence-electron chi connectivity index (χ0n) is 15.3. The van der Waals surface area contributed by atoms with Crippen molar-refractivity contribution in [2.24, 2.45) is 5.73 Å². The minimum atomic E-state index is -3.04. The normalized spacial score (nSPS) is 21.3. The second kappa shape index (κ2) is 8.17. The molecule has 1 aliphatic heterocycles. The van der Waals surface area contributed by atoms with Crippen LogP contribution in [0.4, 0.5) is 0 Å². The van der Waals surface area contributed by atoms with Crippen LogP contribution in [0, 0.1) is 0 Å². The molecule has 1 aromatic heterocycles. The number of thioether (sulfide) groups is 1. The second-order valence-corrected chi connectivity index (χ2v) is 10.2. The van der Waals surface area contributed by atoms with Crippen molar-refractivity contribution in [1.29, 1.82) is 0 Å². The molecule has 1 aliphatic carbocycles. The molecule has 3 rings (SSSR count). The molecule has 1 saturated heterocycles. The largest absolute Gasteiger partial charge is 0.370 e. The van der Waals surface area contributed by atoms with Crippen LogP contribution in [0.15, 0.2) is 5.16 Å². The molecule has 27 heavy (non-hydrogen) atoms. The van der Waals surface area contributed by atoms with Crippen LogP contribution in [0.25, 0.3) is 0 Å². The lowest BCUT2D eigenvalue weighted by Gasteiger charge is -2.26. The van der Waals surface area contributed by atoms with E-state index in [1.54, 1.807) is 4.90 Å². The summed E-state index contributed by atoms with van der Waals surface area (Å²) in [5.41, 5.74) is 5.26. The highest BCUT2D eigenvalue weighted by Crippen LogP contribution is 2.40. The van der Waals surface area contributed by atoms with Crippen LogP contribution in [0.1, 0.15) is 44.3 Å². The van der Waals surface area contributed by atoms with Crippen LogP contribution in [-0.2, 0) is 26.0 Å². The van der Waals surface area contributed by atoms with Gasteiger partial charge >= 0.3 is 0 Å². The average Bonchev–Trinajstić information content (AvgIpc) is 3.27. The first-order valence-electron chi connectivity index (χ1n) is 9.14. The maximum absolute atomic E-state index is 12.7. The van der Waals surface area contributed by atoms with E-state index in [9.17, 15) is 18.0 Å². The first-order valence-corrected chi connectivity index (χ1v) is 12.0. The fourth-order valence-electron chi connectivity index (χ4n) is 3.35. The smallest absolute Gasteiger partial charge is 0.233 e. The van der Waals surface area contributed by atoms with Crippen molar-refractivity contribution < 1.29 is 18.0 Å². The van der Waals surface area contributed by atoms with Crippen molar-refractivity contribution in [3.8, 4) is 0 Å². The molecule has 1 atom stereocenters.